The van der Waals surface area contributed by atoms with Crippen molar-refractivity contribution in [3.8, 4) is 0 Å². The molecule has 122 valence electrons. The van der Waals surface area contributed by atoms with E-state index in [2.05, 4.69) is 37.4 Å². The predicted octanol–water partition coefficient (Wildman–Crippen LogP) is 4.11. The van der Waals surface area contributed by atoms with Crippen molar-refractivity contribution in [1.82, 2.24) is 4.90 Å². The molecular weight excluding hydrogens is 276 g/mol. The summed E-state index contributed by atoms with van der Waals surface area (Å²) in [5.74, 6) is 0. The average molecular weight is 304 g/mol. The van der Waals surface area contributed by atoms with Crippen LogP contribution in [0.15, 0.2) is 18.2 Å². The highest BCUT2D eigenvalue weighted by molar-refractivity contribution is 5.68. The third kappa shape index (κ3) is 4.65. The standard InChI is InChI=1S/C18H28N2O2/c1-13-8-9-14(2)16(11-13)19-15-7-6-10-20(12-15)17(21)22-18(3,4)5/h8-9,11,15,19H,6-7,10,12H2,1-5H3. The number of hydrogen-bond donors (Lipinski definition) is 1. The van der Waals surface area contributed by atoms with Crippen molar-refractivity contribution in [1.29, 1.82) is 0 Å². The van der Waals surface area contributed by atoms with E-state index >= 15 is 0 Å². The Bertz CT molecular complexity index is 534. The molecule has 1 fully saturated rings. The molecule has 4 nitrogen and oxygen atoms in total. The molecule has 1 aliphatic heterocycles. The molecule has 1 amide bonds. The third-order valence-electron chi connectivity index (χ3n) is 3.83. The highest BCUT2D eigenvalue weighted by Crippen LogP contribution is 2.22. The van der Waals surface area contributed by atoms with Gasteiger partial charge in [0.2, 0.25) is 0 Å². The number of anilines is 1. The number of aryl methyl sites for hydroxylation is 2. The minimum absolute atomic E-state index is 0.208. The first-order valence-electron chi connectivity index (χ1n) is 8.06. The van der Waals surface area contributed by atoms with Gasteiger partial charge in [-0.05, 0) is 64.7 Å². The molecule has 1 aromatic rings. The Labute approximate surface area is 133 Å². The second kappa shape index (κ2) is 6.59. The van der Waals surface area contributed by atoms with Crippen LogP contribution in [0.3, 0.4) is 0 Å². The highest BCUT2D eigenvalue weighted by Gasteiger charge is 2.27. The molecule has 1 heterocycles. The molecular formula is C18H28N2O2. The van der Waals surface area contributed by atoms with Crippen molar-refractivity contribution >= 4 is 11.8 Å². The van der Waals surface area contributed by atoms with Gasteiger partial charge in [-0.25, -0.2) is 4.79 Å². The maximum Gasteiger partial charge on any atom is 0.410 e. The number of likely N-dealkylation sites (tertiary alicyclic amines) is 1. The second-order valence-electron chi connectivity index (χ2n) is 7.23. The van der Waals surface area contributed by atoms with Crippen LogP contribution in [0.25, 0.3) is 0 Å². The fourth-order valence-corrected chi connectivity index (χ4v) is 2.70. The van der Waals surface area contributed by atoms with Gasteiger partial charge in [0.05, 0.1) is 0 Å². The van der Waals surface area contributed by atoms with Gasteiger partial charge in [-0.3, -0.25) is 0 Å². The Morgan fingerprint density at radius 3 is 2.73 bits per heavy atom. The van der Waals surface area contributed by atoms with Gasteiger partial charge in [0.25, 0.3) is 0 Å². The Kier molecular flexibility index (Phi) is 4.99. The van der Waals surface area contributed by atoms with E-state index in [-0.39, 0.29) is 12.1 Å². The fraction of sp³-hybridized carbons (Fsp3) is 0.611. The number of amides is 1. The van der Waals surface area contributed by atoms with E-state index in [1.807, 2.05) is 25.7 Å². The van der Waals surface area contributed by atoms with Crippen LogP contribution in [0.5, 0.6) is 0 Å². The molecule has 1 saturated heterocycles. The van der Waals surface area contributed by atoms with E-state index < -0.39 is 5.60 Å². The van der Waals surface area contributed by atoms with Gasteiger partial charge < -0.3 is 15.0 Å². The van der Waals surface area contributed by atoms with Gasteiger partial charge in [-0.1, -0.05) is 12.1 Å². The molecule has 0 saturated carbocycles. The van der Waals surface area contributed by atoms with Gasteiger partial charge in [0.15, 0.2) is 0 Å². The van der Waals surface area contributed by atoms with Crippen LogP contribution in [0.2, 0.25) is 0 Å². The SMILES string of the molecule is Cc1ccc(C)c(NC2CCCN(C(=O)OC(C)(C)C)C2)c1. The fourth-order valence-electron chi connectivity index (χ4n) is 2.70. The summed E-state index contributed by atoms with van der Waals surface area (Å²) >= 11 is 0. The molecule has 1 unspecified atom stereocenters. The van der Waals surface area contributed by atoms with Gasteiger partial charge in [-0.2, -0.15) is 0 Å². The molecule has 0 spiro atoms. The van der Waals surface area contributed by atoms with Gasteiger partial charge in [0, 0.05) is 24.8 Å². The number of carbonyl (C=O) groups is 1. The second-order valence-corrected chi connectivity index (χ2v) is 7.23. The quantitative estimate of drug-likeness (QED) is 0.894. The highest BCUT2D eigenvalue weighted by atomic mass is 16.6. The molecule has 0 aliphatic carbocycles. The smallest absolute Gasteiger partial charge is 0.410 e. The van der Waals surface area contributed by atoms with Crippen LogP contribution >= 0.6 is 0 Å². The molecule has 0 radical (unpaired) electrons. The average Bonchev–Trinajstić information content (AvgIpc) is 2.41. The Morgan fingerprint density at radius 2 is 2.05 bits per heavy atom. The van der Waals surface area contributed by atoms with Crippen molar-refractivity contribution < 1.29 is 9.53 Å². The zero-order chi connectivity index (χ0) is 16.3. The summed E-state index contributed by atoms with van der Waals surface area (Å²) in [4.78, 5) is 14.0. The van der Waals surface area contributed by atoms with Crippen LogP contribution in [-0.4, -0.2) is 35.7 Å². The van der Waals surface area contributed by atoms with Gasteiger partial charge in [0.1, 0.15) is 5.60 Å². The molecule has 1 aromatic carbocycles. The lowest BCUT2D eigenvalue weighted by atomic mass is 10.0. The van der Waals surface area contributed by atoms with Crippen molar-refractivity contribution in [2.45, 2.75) is 59.1 Å². The first-order chi connectivity index (χ1) is 10.2. The first-order valence-corrected chi connectivity index (χ1v) is 8.06. The topological polar surface area (TPSA) is 41.6 Å². The largest absolute Gasteiger partial charge is 0.444 e. The van der Waals surface area contributed by atoms with Crippen LogP contribution in [0, 0.1) is 13.8 Å². The van der Waals surface area contributed by atoms with Crippen LogP contribution in [-0.2, 0) is 4.74 Å². The predicted molar refractivity (Wildman–Crippen MR) is 90.4 cm³/mol. The number of hydrogen-bond acceptors (Lipinski definition) is 3. The lowest BCUT2D eigenvalue weighted by molar-refractivity contribution is 0.0206. The maximum atomic E-state index is 12.2. The molecule has 22 heavy (non-hydrogen) atoms. The molecule has 4 heteroatoms. The summed E-state index contributed by atoms with van der Waals surface area (Å²) in [5, 5.41) is 3.59. The summed E-state index contributed by atoms with van der Waals surface area (Å²) in [5.41, 5.74) is 3.20. The van der Waals surface area contributed by atoms with E-state index in [0.717, 1.165) is 25.1 Å². The minimum atomic E-state index is -0.440. The number of ether oxygens (including phenoxy) is 1. The number of carbonyl (C=O) groups excluding carboxylic acids is 1. The summed E-state index contributed by atoms with van der Waals surface area (Å²) < 4.78 is 5.48. The van der Waals surface area contributed by atoms with Crippen molar-refractivity contribution in [2.24, 2.45) is 0 Å². The van der Waals surface area contributed by atoms with Crippen LogP contribution in [0.4, 0.5) is 10.5 Å². The first kappa shape index (κ1) is 16.7. The van der Waals surface area contributed by atoms with E-state index in [1.165, 1.54) is 11.1 Å². The van der Waals surface area contributed by atoms with E-state index in [9.17, 15) is 4.79 Å². The number of piperidine rings is 1. The number of rotatable bonds is 2. The summed E-state index contributed by atoms with van der Waals surface area (Å²) in [7, 11) is 0. The number of benzene rings is 1. The minimum Gasteiger partial charge on any atom is -0.444 e. The lowest BCUT2D eigenvalue weighted by Crippen LogP contribution is -2.47. The van der Waals surface area contributed by atoms with Crippen molar-refractivity contribution in [3.63, 3.8) is 0 Å². The maximum absolute atomic E-state index is 12.2. The third-order valence-corrected chi connectivity index (χ3v) is 3.83. The Hall–Kier alpha value is -1.71. The number of nitrogens with zero attached hydrogens (tertiary/aromatic N) is 1. The number of nitrogens with one attached hydrogen (secondary N) is 1. The molecule has 2 rings (SSSR count). The van der Waals surface area contributed by atoms with Gasteiger partial charge >= 0.3 is 6.09 Å². The van der Waals surface area contributed by atoms with E-state index in [4.69, 9.17) is 4.74 Å². The van der Waals surface area contributed by atoms with E-state index in [1.54, 1.807) is 0 Å². The molecule has 0 aromatic heterocycles. The summed E-state index contributed by atoms with van der Waals surface area (Å²) in [6.45, 7) is 11.4. The van der Waals surface area contributed by atoms with E-state index in [0.29, 0.717) is 6.54 Å². The Balaban J connectivity index is 1.98. The lowest BCUT2D eigenvalue weighted by Gasteiger charge is -2.35. The van der Waals surface area contributed by atoms with Crippen molar-refractivity contribution in [3.05, 3.63) is 29.3 Å². The summed E-state index contributed by atoms with van der Waals surface area (Å²) in [6, 6.07) is 6.70. The zero-order valence-corrected chi connectivity index (χ0v) is 14.4. The van der Waals surface area contributed by atoms with Crippen LogP contribution < -0.4 is 5.32 Å². The van der Waals surface area contributed by atoms with Crippen molar-refractivity contribution in [2.75, 3.05) is 18.4 Å². The van der Waals surface area contributed by atoms with Crippen LogP contribution in [0.1, 0.15) is 44.7 Å². The molecule has 0 bridgehead atoms. The summed E-state index contributed by atoms with van der Waals surface area (Å²) in [6.07, 6.45) is 1.87. The molecule has 1 aliphatic rings. The monoisotopic (exact) mass is 304 g/mol. The van der Waals surface area contributed by atoms with Gasteiger partial charge in [-0.15, -0.1) is 0 Å². The molecule has 1 N–H and O–H groups in total. The normalized spacial score (nSPS) is 19.0. The molecule has 1 atom stereocenters. The Morgan fingerprint density at radius 1 is 1.32 bits per heavy atom. The zero-order valence-electron chi connectivity index (χ0n) is 14.4.